The molecule has 3 rings (SSSR count). The van der Waals surface area contributed by atoms with Crippen molar-refractivity contribution in [3.8, 4) is 11.5 Å². The summed E-state index contributed by atoms with van der Waals surface area (Å²) in [4.78, 5) is 12.1. The van der Waals surface area contributed by atoms with Crippen LogP contribution in [-0.2, 0) is 24.8 Å². The van der Waals surface area contributed by atoms with Crippen molar-refractivity contribution in [3.05, 3.63) is 42.5 Å². The predicted molar refractivity (Wildman–Crippen MR) is 107 cm³/mol. The Balaban J connectivity index is 1.87. The highest BCUT2D eigenvalue weighted by molar-refractivity contribution is 7.94. The van der Waals surface area contributed by atoms with Gasteiger partial charge in [-0.2, -0.15) is 0 Å². The number of anilines is 2. The molecule has 1 heterocycles. The second kappa shape index (κ2) is 7.56. The first-order valence-corrected chi connectivity index (χ1v) is 11.6. The Labute approximate surface area is 169 Å². The van der Waals surface area contributed by atoms with E-state index >= 15 is 0 Å². The van der Waals surface area contributed by atoms with Crippen LogP contribution in [0.5, 0.6) is 11.5 Å². The van der Waals surface area contributed by atoms with Gasteiger partial charge in [-0.1, -0.05) is 6.92 Å². The van der Waals surface area contributed by atoms with Crippen LogP contribution in [0.1, 0.15) is 6.92 Å². The zero-order valence-corrected chi connectivity index (χ0v) is 17.6. The molecule has 1 saturated heterocycles. The molecule has 1 N–H and O–H groups in total. The number of benzene rings is 2. The summed E-state index contributed by atoms with van der Waals surface area (Å²) in [7, 11) is -4.81. The number of carbonyl (C=O) groups is 1. The molecule has 2 aromatic rings. The fourth-order valence-corrected chi connectivity index (χ4v) is 5.83. The van der Waals surface area contributed by atoms with Gasteiger partial charge in [-0.25, -0.2) is 21.1 Å². The van der Waals surface area contributed by atoms with Crippen LogP contribution in [0.2, 0.25) is 0 Å². The van der Waals surface area contributed by atoms with Gasteiger partial charge in [0.05, 0.1) is 42.2 Å². The van der Waals surface area contributed by atoms with Gasteiger partial charge in [0.1, 0.15) is 0 Å². The largest absolute Gasteiger partial charge is 0.493 e. The first-order valence-electron chi connectivity index (χ1n) is 8.51. The molecular weight excluding hydrogens is 420 g/mol. The van der Waals surface area contributed by atoms with E-state index in [0.717, 1.165) is 4.31 Å². The summed E-state index contributed by atoms with van der Waals surface area (Å²) in [6.07, 6.45) is 0. The van der Waals surface area contributed by atoms with Crippen LogP contribution in [-0.4, -0.2) is 42.7 Å². The average molecular weight is 440 g/mol. The molecule has 0 unspecified atom stereocenters. The minimum atomic E-state index is -3.95. The van der Waals surface area contributed by atoms with Gasteiger partial charge in [-0.05, 0) is 36.4 Å². The van der Waals surface area contributed by atoms with E-state index in [-0.39, 0.29) is 22.0 Å². The monoisotopic (exact) mass is 440 g/mol. The summed E-state index contributed by atoms with van der Waals surface area (Å²) in [5.74, 6) is -0.646. The first-order chi connectivity index (χ1) is 13.6. The average Bonchev–Trinajstić information content (AvgIpc) is 2.88. The van der Waals surface area contributed by atoms with Crippen molar-refractivity contribution in [2.75, 3.05) is 29.0 Å². The van der Waals surface area contributed by atoms with Gasteiger partial charge in [-0.3, -0.25) is 9.52 Å². The van der Waals surface area contributed by atoms with Crippen molar-refractivity contribution >= 4 is 37.3 Å². The van der Waals surface area contributed by atoms with Crippen molar-refractivity contribution in [1.29, 1.82) is 0 Å². The Morgan fingerprint density at radius 1 is 1.03 bits per heavy atom. The van der Waals surface area contributed by atoms with Crippen LogP contribution < -0.4 is 18.5 Å². The molecule has 29 heavy (non-hydrogen) atoms. The van der Waals surface area contributed by atoms with E-state index in [1.54, 1.807) is 6.07 Å². The van der Waals surface area contributed by atoms with Gasteiger partial charge in [0.2, 0.25) is 15.9 Å². The van der Waals surface area contributed by atoms with Crippen LogP contribution in [0.25, 0.3) is 0 Å². The Kier molecular flexibility index (Phi) is 5.46. The fraction of sp³-hybridized carbons (Fsp3) is 0.278. The van der Waals surface area contributed by atoms with E-state index < -0.39 is 31.9 Å². The molecule has 1 amide bonds. The van der Waals surface area contributed by atoms with Crippen molar-refractivity contribution in [2.45, 2.75) is 11.8 Å². The molecule has 0 radical (unpaired) electrons. The topological polar surface area (TPSA) is 119 Å². The van der Waals surface area contributed by atoms with Crippen molar-refractivity contribution < 1.29 is 31.1 Å². The van der Waals surface area contributed by atoms with Crippen LogP contribution in [0.15, 0.2) is 47.4 Å². The summed E-state index contributed by atoms with van der Waals surface area (Å²) in [5.41, 5.74) is 0.363. The minimum Gasteiger partial charge on any atom is -0.493 e. The van der Waals surface area contributed by atoms with Crippen molar-refractivity contribution in [2.24, 2.45) is 5.92 Å². The lowest BCUT2D eigenvalue weighted by atomic mass is 10.2. The van der Waals surface area contributed by atoms with Gasteiger partial charge in [0.15, 0.2) is 11.5 Å². The Morgan fingerprint density at radius 2 is 1.66 bits per heavy atom. The lowest BCUT2D eigenvalue weighted by Gasteiger charge is -2.16. The third kappa shape index (κ3) is 4.01. The van der Waals surface area contributed by atoms with E-state index in [1.807, 2.05) is 0 Å². The Bertz CT molecular complexity index is 1140. The molecule has 2 aromatic carbocycles. The maximum absolute atomic E-state index is 12.7. The number of hydrogen-bond donors (Lipinski definition) is 1. The van der Waals surface area contributed by atoms with Crippen LogP contribution in [0.4, 0.5) is 11.4 Å². The van der Waals surface area contributed by atoms with E-state index in [9.17, 15) is 21.6 Å². The number of hydrogen-bond acceptors (Lipinski definition) is 7. The summed E-state index contributed by atoms with van der Waals surface area (Å²) in [6, 6.07) is 9.61. The van der Waals surface area contributed by atoms with E-state index in [0.29, 0.717) is 11.5 Å². The zero-order valence-electron chi connectivity index (χ0n) is 15.9. The fourth-order valence-electron chi connectivity index (χ4n) is 2.96. The van der Waals surface area contributed by atoms with E-state index in [4.69, 9.17) is 9.47 Å². The number of nitrogens with zero attached hydrogens (tertiary/aromatic N) is 1. The number of carbonyl (C=O) groups excluding carboxylic acids is 1. The number of nitrogens with one attached hydrogen (secondary N) is 1. The van der Waals surface area contributed by atoms with Gasteiger partial charge < -0.3 is 9.47 Å². The van der Waals surface area contributed by atoms with Crippen LogP contribution >= 0.6 is 0 Å². The van der Waals surface area contributed by atoms with Gasteiger partial charge >= 0.3 is 0 Å². The molecule has 11 heteroatoms. The maximum atomic E-state index is 12.7. The highest BCUT2D eigenvalue weighted by Crippen LogP contribution is 2.32. The first kappa shape index (κ1) is 20.9. The SMILES string of the molecule is COc1ccc(NS(=O)(=O)c2ccc(N3C(=O)[C@@H](C)CS3(=O)=O)cc2)cc1OC. The normalized spacial score (nSPS) is 18.5. The van der Waals surface area contributed by atoms with Gasteiger partial charge in [-0.15, -0.1) is 0 Å². The summed E-state index contributed by atoms with van der Waals surface area (Å²) in [6.45, 7) is 1.53. The van der Waals surface area contributed by atoms with Crippen LogP contribution in [0, 0.1) is 5.92 Å². The molecule has 1 atom stereocenters. The second-order valence-electron chi connectivity index (χ2n) is 6.45. The molecule has 156 valence electrons. The van der Waals surface area contributed by atoms with Crippen molar-refractivity contribution in [3.63, 3.8) is 0 Å². The van der Waals surface area contributed by atoms with Gasteiger partial charge in [0.25, 0.3) is 10.0 Å². The number of methoxy groups -OCH3 is 2. The predicted octanol–water partition coefficient (Wildman–Crippen LogP) is 1.82. The zero-order chi connectivity index (χ0) is 21.4. The third-order valence-electron chi connectivity index (χ3n) is 4.38. The summed E-state index contributed by atoms with van der Waals surface area (Å²) in [5, 5.41) is 0. The number of amides is 1. The van der Waals surface area contributed by atoms with E-state index in [1.165, 1.54) is 57.5 Å². The molecular formula is C18H20N2O7S2. The molecule has 9 nitrogen and oxygen atoms in total. The highest BCUT2D eigenvalue weighted by Gasteiger charge is 2.41. The van der Waals surface area contributed by atoms with Gasteiger partial charge in [0, 0.05) is 6.07 Å². The summed E-state index contributed by atoms with van der Waals surface area (Å²) < 4.78 is 63.1. The molecule has 1 aliphatic rings. The second-order valence-corrected chi connectivity index (χ2v) is 10.00. The molecule has 1 fully saturated rings. The standard InChI is InChI=1S/C18H20N2O7S2/c1-12-11-28(22,23)20(18(12)21)14-5-7-15(8-6-14)29(24,25)19-13-4-9-16(26-2)17(10-13)27-3/h4-10,12,19H,11H2,1-3H3/t12-/m0/s1. The molecule has 1 aliphatic heterocycles. The quantitative estimate of drug-likeness (QED) is 0.728. The lowest BCUT2D eigenvalue weighted by Crippen LogP contribution is -2.30. The molecule has 0 spiro atoms. The minimum absolute atomic E-state index is 0.0897. The van der Waals surface area contributed by atoms with Crippen LogP contribution in [0.3, 0.4) is 0 Å². The maximum Gasteiger partial charge on any atom is 0.261 e. The lowest BCUT2D eigenvalue weighted by molar-refractivity contribution is -0.119. The molecule has 0 saturated carbocycles. The molecule has 0 bridgehead atoms. The number of rotatable bonds is 6. The Hall–Kier alpha value is -2.79. The smallest absolute Gasteiger partial charge is 0.261 e. The van der Waals surface area contributed by atoms with Crippen molar-refractivity contribution in [1.82, 2.24) is 0 Å². The summed E-state index contributed by atoms with van der Waals surface area (Å²) >= 11 is 0. The Morgan fingerprint density at radius 3 is 2.17 bits per heavy atom. The third-order valence-corrected chi connectivity index (χ3v) is 7.64. The molecule has 0 aliphatic carbocycles. The number of sulfonamides is 2. The highest BCUT2D eigenvalue weighted by atomic mass is 32.2. The van der Waals surface area contributed by atoms with E-state index in [2.05, 4.69) is 4.72 Å². The number of ether oxygens (including phenoxy) is 2. The molecule has 0 aromatic heterocycles.